The van der Waals surface area contributed by atoms with Crippen molar-refractivity contribution in [3.63, 3.8) is 0 Å². The van der Waals surface area contributed by atoms with E-state index in [1.807, 2.05) is 29.5 Å². The number of rotatable bonds is 8. The number of imidazole rings is 1. The van der Waals surface area contributed by atoms with Gasteiger partial charge in [0.05, 0.1) is 37.3 Å². The highest BCUT2D eigenvalue weighted by molar-refractivity contribution is 5.88. The first-order chi connectivity index (χ1) is 16.5. The van der Waals surface area contributed by atoms with E-state index in [4.69, 9.17) is 9.97 Å². The second-order valence-electron chi connectivity index (χ2n) is 9.99. The predicted octanol–water partition coefficient (Wildman–Crippen LogP) is 1.91. The Kier molecular flexibility index (Phi) is 6.75. The second kappa shape index (κ2) is 9.61. The van der Waals surface area contributed by atoms with Crippen LogP contribution >= 0.6 is 0 Å². The van der Waals surface area contributed by atoms with Crippen molar-refractivity contribution in [1.82, 2.24) is 39.5 Å². The lowest BCUT2D eigenvalue weighted by atomic mass is 10.1. The third kappa shape index (κ3) is 5.42. The van der Waals surface area contributed by atoms with Crippen LogP contribution in [0.25, 0.3) is 11.2 Å². The lowest BCUT2D eigenvalue weighted by molar-refractivity contribution is -0.117. The summed E-state index contributed by atoms with van der Waals surface area (Å²) in [7, 11) is 4.03. The number of halogens is 1. The number of aromatic nitrogens is 6. The molecule has 0 saturated carbocycles. The number of hydrogen-bond donors (Lipinski definition) is 2. The van der Waals surface area contributed by atoms with Gasteiger partial charge in [0.25, 0.3) is 0 Å². The van der Waals surface area contributed by atoms with Crippen molar-refractivity contribution in [2.24, 2.45) is 0 Å². The molecule has 3 aromatic rings. The van der Waals surface area contributed by atoms with Crippen LogP contribution in [0.3, 0.4) is 0 Å². The van der Waals surface area contributed by atoms with E-state index in [1.165, 1.54) is 0 Å². The molecule has 0 spiro atoms. The summed E-state index contributed by atoms with van der Waals surface area (Å²) in [5.74, 6) is 0.466. The largest absolute Gasteiger partial charge is 0.345 e. The van der Waals surface area contributed by atoms with Crippen molar-refractivity contribution in [3.8, 4) is 0 Å². The van der Waals surface area contributed by atoms with Crippen molar-refractivity contribution >= 4 is 34.5 Å². The molecule has 4 rings (SSSR count). The van der Waals surface area contributed by atoms with Crippen LogP contribution in [0.15, 0.2) is 31.4 Å². The summed E-state index contributed by atoms with van der Waals surface area (Å²) in [4.78, 5) is 29.6. The molecule has 0 unspecified atom stereocenters. The minimum Gasteiger partial charge on any atom is -0.345 e. The van der Waals surface area contributed by atoms with Gasteiger partial charge in [0.1, 0.15) is 6.17 Å². The topological polar surface area (TPSA) is 109 Å². The predicted molar refractivity (Wildman–Crippen MR) is 134 cm³/mol. The first-order valence-corrected chi connectivity index (χ1v) is 11.6. The average Bonchev–Trinajstić information content (AvgIpc) is 3.50. The molecule has 2 atom stereocenters. The maximum absolute atomic E-state index is 14.7. The molecule has 0 radical (unpaired) electrons. The first-order valence-electron chi connectivity index (χ1n) is 11.6. The molecule has 11 nitrogen and oxygen atoms in total. The van der Waals surface area contributed by atoms with Gasteiger partial charge < -0.3 is 25.0 Å². The number of fused-ring (bicyclic) bond motifs is 1. The van der Waals surface area contributed by atoms with Crippen LogP contribution in [0.4, 0.5) is 21.8 Å². The molecule has 3 aromatic heterocycles. The number of likely N-dealkylation sites (N-methyl/N-ethyl adjacent to an activating group) is 1. The molecule has 0 bridgehead atoms. The van der Waals surface area contributed by atoms with E-state index in [9.17, 15) is 9.18 Å². The number of alkyl halides is 1. The summed E-state index contributed by atoms with van der Waals surface area (Å²) >= 11 is 0. The Bertz CT molecular complexity index is 1210. The zero-order valence-electron chi connectivity index (χ0n) is 20.9. The Labute approximate surface area is 204 Å². The van der Waals surface area contributed by atoms with E-state index in [2.05, 4.69) is 53.0 Å². The number of nitrogens with zero attached hydrogens (tertiary/aromatic N) is 8. The first kappa shape index (κ1) is 24.6. The summed E-state index contributed by atoms with van der Waals surface area (Å²) < 4.78 is 18.6. The molecular formula is C23H33FN10O. The number of carbonyl (C=O) groups is 1. The van der Waals surface area contributed by atoms with Crippen LogP contribution in [-0.4, -0.2) is 86.0 Å². The van der Waals surface area contributed by atoms with Crippen LogP contribution in [0.1, 0.15) is 20.8 Å². The van der Waals surface area contributed by atoms with Gasteiger partial charge in [0, 0.05) is 24.8 Å². The van der Waals surface area contributed by atoms with Gasteiger partial charge in [-0.15, -0.1) is 0 Å². The SMILES string of the molecule is C=CC(=O)N[C@@H]1CN(c2nc(Nc3cnn(CCN(C)C)c3)c3ncn(C(C)(C)C)c3n2)C[C@H]1F. The molecule has 1 saturated heterocycles. The summed E-state index contributed by atoms with van der Waals surface area (Å²) in [6.07, 6.45) is 5.27. The monoisotopic (exact) mass is 484 g/mol. The lowest BCUT2D eigenvalue weighted by Gasteiger charge is -2.22. The van der Waals surface area contributed by atoms with Crippen molar-refractivity contribution in [1.29, 1.82) is 0 Å². The van der Waals surface area contributed by atoms with Gasteiger partial charge >= 0.3 is 0 Å². The Morgan fingerprint density at radius 3 is 2.77 bits per heavy atom. The quantitative estimate of drug-likeness (QED) is 0.467. The van der Waals surface area contributed by atoms with Gasteiger partial charge in [-0.2, -0.15) is 15.1 Å². The molecule has 1 fully saturated rings. The van der Waals surface area contributed by atoms with E-state index < -0.39 is 18.1 Å². The molecule has 0 aromatic carbocycles. The molecule has 1 aliphatic heterocycles. The van der Waals surface area contributed by atoms with Crippen molar-refractivity contribution in [2.75, 3.05) is 43.9 Å². The molecule has 188 valence electrons. The van der Waals surface area contributed by atoms with Crippen LogP contribution in [-0.2, 0) is 16.9 Å². The summed E-state index contributed by atoms with van der Waals surface area (Å²) in [5.41, 5.74) is 1.74. The lowest BCUT2D eigenvalue weighted by Crippen LogP contribution is -2.40. The standard InChI is InChI=1S/C23H33FN10O/c1-7-18(35)28-17-13-32(12-16(17)24)22-29-20(19-21(30-22)34(14-25-19)23(2,3)4)27-15-10-26-33(11-15)9-8-31(5)6/h7,10-11,14,16-17H,1,8-9,12-13H2,2-6H3,(H,28,35)(H,27,29,30)/t16-,17-/m1/s1. The number of anilines is 3. The molecule has 1 amide bonds. The van der Waals surface area contributed by atoms with Crippen LogP contribution in [0.5, 0.6) is 0 Å². The van der Waals surface area contributed by atoms with E-state index >= 15 is 0 Å². The minimum atomic E-state index is -1.25. The molecule has 12 heteroatoms. The third-order valence-corrected chi connectivity index (χ3v) is 5.82. The molecule has 1 aliphatic rings. The fraction of sp³-hybridized carbons (Fsp3) is 0.522. The number of nitrogens with one attached hydrogen (secondary N) is 2. The minimum absolute atomic E-state index is 0.0686. The van der Waals surface area contributed by atoms with Crippen molar-refractivity contribution in [3.05, 3.63) is 31.4 Å². The van der Waals surface area contributed by atoms with Gasteiger partial charge in [-0.25, -0.2) is 9.37 Å². The molecule has 2 N–H and O–H groups in total. The van der Waals surface area contributed by atoms with E-state index in [-0.39, 0.29) is 18.6 Å². The molecule has 35 heavy (non-hydrogen) atoms. The Hall–Kier alpha value is -3.54. The Balaban J connectivity index is 1.67. The highest BCUT2D eigenvalue weighted by Gasteiger charge is 2.35. The Morgan fingerprint density at radius 2 is 2.09 bits per heavy atom. The highest BCUT2D eigenvalue weighted by Crippen LogP contribution is 2.30. The zero-order valence-corrected chi connectivity index (χ0v) is 20.9. The molecule has 0 aliphatic carbocycles. The average molecular weight is 485 g/mol. The van der Waals surface area contributed by atoms with Gasteiger partial charge in [-0.3, -0.25) is 9.48 Å². The van der Waals surface area contributed by atoms with E-state index in [1.54, 1.807) is 17.4 Å². The van der Waals surface area contributed by atoms with E-state index in [0.717, 1.165) is 24.9 Å². The normalized spacial score (nSPS) is 18.4. The fourth-order valence-electron chi connectivity index (χ4n) is 3.90. The van der Waals surface area contributed by atoms with Crippen LogP contribution in [0, 0.1) is 0 Å². The summed E-state index contributed by atoms with van der Waals surface area (Å²) in [6.45, 7) is 11.6. The van der Waals surface area contributed by atoms with Gasteiger partial charge in [-0.05, 0) is 40.9 Å². The molecule has 4 heterocycles. The van der Waals surface area contributed by atoms with E-state index in [0.29, 0.717) is 22.9 Å². The number of hydrogen-bond acceptors (Lipinski definition) is 8. The summed E-state index contributed by atoms with van der Waals surface area (Å²) in [6, 6.07) is -0.668. The van der Waals surface area contributed by atoms with Crippen molar-refractivity contribution in [2.45, 2.75) is 45.1 Å². The van der Waals surface area contributed by atoms with Crippen LogP contribution in [0.2, 0.25) is 0 Å². The smallest absolute Gasteiger partial charge is 0.243 e. The second-order valence-corrected chi connectivity index (χ2v) is 9.99. The Morgan fingerprint density at radius 1 is 1.31 bits per heavy atom. The maximum Gasteiger partial charge on any atom is 0.243 e. The molecular weight excluding hydrogens is 451 g/mol. The third-order valence-electron chi connectivity index (χ3n) is 5.82. The zero-order chi connectivity index (χ0) is 25.3. The van der Waals surface area contributed by atoms with Gasteiger partial charge in [0.15, 0.2) is 17.0 Å². The van der Waals surface area contributed by atoms with Gasteiger partial charge in [0.2, 0.25) is 11.9 Å². The summed E-state index contributed by atoms with van der Waals surface area (Å²) in [5, 5.41) is 10.4. The van der Waals surface area contributed by atoms with Crippen molar-refractivity contribution < 1.29 is 9.18 Å². The number of amides is 1. The number of carbonyl (C=O) groups excluding carboxylic acids is 1. The van der Waals surface area contributed by atoms with Gasteiger partial charge in [-0.1, -0.05) is 6.58 Å². The van der Waals surface area contributed by atoms with Crippen LogP contribution < -0.4 is 15.5 Å². The highest BCUT2D eigenvalue weighted by atomic mass is 19.1. The fourth-order valence-corrected chi connectivity index (χ4v) is 3.90. The maximum atomic E-state index is 14.7.